The molecule has 1 N–H and O–H groups in total. The van der Waals surface area contributed by atoms with Gasteiger partial charge in [-0.1, -0.05) is 19.8 Å². The molecule has 154 valence electrons. The first-order chi connectivity index (χ1) is 14.6. The maximum atomic E-state index is 14.5. The zero-order valence-electron chi connectivity index (χ0n) is 16.6. The Hall–Kier alpha value is -3.16. The van der Waals surface area contributed by atoms with E-state index in [1.54, 1.807) is 12.4 Å². The zero-order chi connectivity index (χ0) is 20.8. The second-order valence-electron chi connectivity index (χ2n) is 7.79. The Kier molecular flexibility index (Phi) is 4.56. The quantitative estimate of drug-likeness (QED) is 0.548. The molecule has 0 unspecified atom stereocenters. The number of rotatable bonds is 4. The Balaban J connectivity index is 1.77. The summed E-state index contributed by atoms with van der Waals surface area (Å²) in [5.41, 5.74) is 1.91. The highest BCUT2D eigenvalue weighted by Gasteiger charge is 2.26. The zero-order valence-corrected chi connectivity index (χ0v) is 16.6. The second-order valence-corrected chi connectivity index (χ2v) is 7.79. The Morgan fingerprint density at radius 2 is 1.90 bits per heavy atom. The van der Waals surface area contributed by atoms with E-state index in [4.69, 9.17) is 4.98 Å². The van der Waals surface area contributed by atoms with Gasteiger partial charge in [0.15, 0.2) is 22.9 Å². The third kappa shape index (κ3) is 2.89. The molecule has 3 aromatic heterocycles. The number of aromatic amines is 1. The molecule has 1 aliphatic carbocycles. The molecule has 0 bridgehead atoms. The number of pyridine rings is 1. The molecular weight excluding hydrogens is 388 g/mol. The van der Waals surface area contributed by atoms with Crippen LogP contribution in [0.3, 0.4) is 0 Å². The molecule has 1 aromatic carbocycles. The van der Waals surface area contributed by atoms with Crippen LogP contribution in [-0.4, -0.2) is 24.5 Å². The average molecular weight is 409 g/mol. The van der Waals surface area contributed by atoms with Crippen LogP contribution in [-0.2, 0) is 13.0 Å². The smallest absolute Gasteiger partial charge is 0.252 e. The summed E-state index contributed by atoms with van der Waals surface area (Å²) in [6.45, 7) is 2.18. The topological polar surface area (TPSA) is 76.5 Å². The number of aromatic nitrogens is 5. The van der Waals surface area contributed by atoms with Gasteiger partial charge in [0.2, 0.25) is 0 Å². The molecule has 0 amide bonds. The molecule has 3 heterocycles. The highest BCUT2D eigenvalue weighted by molar-refractivity contribution is 5.84. The van der Waals surface area contributed by atoms with Gasteiger partial charge in [0.1, 0.15) is 5.82 Å². The minimum absolute atomic E-state index is 0.106. The van der Waals surface area contributed by atoms with Crippen LogP contribution in [0.1, 0.15) is 55.5 Å². The summed E-state index contributed by atoms with van der Waals surface area (Å²) in [5, 5.41) is 0.494. The van der Waals surface area contributed by atoms with Crippen molar-refractivity contribution in [2.45, 2.75) is 51.5 Å². The fourth-order valence-corrected chi connectivity index (χ4v) is 4.65. The van der Waals surface area contributed by atoms with Crippen LogP contribution in [0.15, 0.2) is 29.3 Å². The van der Waals surface area contributed by atoms with E-state index in [9.17, 15) is 13.6 Å². The first-order valence-corrected chi connectivity index (χ1v) is 10.3. The first kappa shape index (κ1) is 18.8. The van der Waals surface area contributed by atoms with Gasteiger partial charge in [-0.15, -0.1) is 0 Å². The summed E-state index contributed by atoms with van der Waals surface area (Å²) < 4.78 is 30.3. The molecule has 6 nitrogen and oxygen atoms in total. The molecule has 1 fully saturated rings. The van der Waals surface area contributed by atoms with Crippen LogP contribution in [0.25, 0.3) is 22.2 Å². The Morgan fingerprint density at radius 1 is 1.13 bits per heavy atom. The number of benzene rings is 1. The third-order valence-corrected chi connectivity index (χ3v) is 6.10. The number of halogens is 2. The van der Waals surface area contributed by atoms with Crippen molar-refractivity contribution in [2.75, 3.05) is 0 Å². The Bertz CT molecular complexity index is 1320. The highest BCUT2D eigenvalue weighted by atomic mass is 19.2. The van der Waals surface area contributed by atoms with E-state index in [1.807, 2.05) is 11.5 Å². The van der Waals surface area contributed by atoms with E-state index < -0.39 is 17.2 Å². The van der Waals surface area contributed by atoms with Gasteiger partial charge in [-0.05, 0) is 37.0 Å². The van der Waals surface area contributed by atoms with Gasteiger partial charge in [-0.2, -0.15) is 0 Å². The third-order valence-electron chi connectivity index (χ3n) is 6.10. The monoisotopic (exact) mass is 409 g/mol. The number of H-pyrrole nitrogens is 1. The molecule has 5 rings (SSSR count). The molecule has 0 radical (unpaired) electrons. The summed E-state index contributed by atoms with van der Waals surface area (Å²) >= 11 is 0. The number of imidazole rings is 1. The van der Waals surface area contributed by atoms with Crippen LogP contribution in [0, 0.1) is 11.6 Å². The van der Waals surface area contributed by atoms with Gasteiger partial charge in [-0.25, -0.2) is 23.7 Å². The van der Waals surface area contributed by atoms with Crippen LogP contribution in [0.4, 0.5) is 8.78 Å². The molecule has 0 spiro atoms. The summed E-state index contributed by atoms with van der Waals surface area (Å²) in [6.07, 6.45) is 8.07. The van der Waals surface area contributed by atoms with Gasteiger partial charge in [-0.3, -0.25) is 4.79 Å². The normalized spacial score (nSPS) is 14.9. The fourth-order valence-electron chi connectivity index (χ4n) is 4.65. The number of nitrogens with one attached hydrogen (secondary N) is 1. The maximum Gasteiger partial charge on any atom is 0.252 e. The molecule has 4 aromatic rings. The lowest BCUT2D eigenvalue weighted by atomic mass is 10.0. The van der Waals surface area contributed by atoms with Gasteiger partial charge >= 0.3 is 0 Å². The SMILES string of the molecule is CCc1c(Cn2c(C3CCCC3)nc3nccnc32)c2ccc(F)c(F)c2[nH]c1=O. The van der Waals surface area contributed by atoms with Gasteiger partial charge < -0.3 is 9.55 Å². The average Bonchev–Trinajstić information content (AvgIpc) is 3.39. The van der Waals surface area contributed by atoms with E-state index in [1.165, 1.54) is 6.07 Å². The standard InChI is InChI=1S/C22H21F2N5O/c1-2-13-15(14-7-8-16(23)17(24)18(14)27-22(13)30)11-29-20(12-5-3-4-6-12)28-19-21(29)26-10-9-25-19/h7-10,12H,2-6,11H2,1H3,(H,27,30). The summed E-state index contributed by atoms with van der Waals surface area (Å²) in [5.74, 6) is -0.834. The van der Waals surface area contributed by atoms with Gasteiger partial charge in [0.25, 0.3) is 5.56 Å². The van der Waals surface area contributed by atoms with Gasteiger partial charge in [0.05, 0.1) is 12.1 Å². The van der Waals surface area contributed by atoms with Crippen molar-refractivity contribution >= 4 is 22.2 Å². The first-order valence-electron chi connectivity index (χ1n) is 10.3. The minimum atomic E-state index is -1.04. The maximum absolute atomic E-state index is 14.5. The molecule has 30 heavy (non-hydrogen) atoms. The predicted octanol–water partition coefficient (Wildman–Crippen LogP) is 4.21. The summed E-state index contributed by atoms with van der Waals surface area (Å²) in [6, 6.07) is 2.63. The lowest BCUT2D eigenvalue weighted by Crippen LogP contribution is -2.19. The molecule has 1 aliphatic rings. The predicted molar refractivity (Wildman–Crippen MR) is 109 cm³/mol. The largest absolute Gasteiger partial charge is 0.319 e. The van der Waals surface area contributed by atoms with Crippen molar-refractivity contribution in [2.24, 2.45) is 0 Å². The van der Waals surface area contributed by atoms with E-state index in [-0.39, 0.29) is 5.52 Å². The lowest BCUT2D eigenvalue weighted by molar-refractivity contribution is 0.515. The van der Waals surface area contributed by atoms with Crippen molar-refractivity contribution in [3.63, 3.8) is 0 Å². The molecule has 8 heteroatoms. The van der Waals surface area contributed by atoms with E-state index in [0.717, 1.165) is 37.6 Å². The van der Waals surface area contributed by atoms with Crippen LogP contribution < -0.4 is 5.56 Å². The second kappa shape index (κ2) is 7.27. The van der Waals surface area contributed by atoms with Crippen LogP contribution in [0.5, 0.6) is 0 Å². The van der Waals surface area contributed by atoms with Crippen LogP contribution >= 0.6 is 0 Å². The lowest BCUT2D eigenvalue weighted by Gasteiger charge is -2.17. The molecule has 0 atom stereocenters. The van der Waals surface area contributed by atoms with Crippen LogP contribution in [0.2, 0.25) is 0 Å². The summed E-state index contributed by atoms with van der Waals surface area (Å²) in [7, 11) is 0. The summed E-state index contributed by atoms with van der Waals surface area (Å²) in [4.78, 5) is 28.8. The molecule has 0 aliphatic heterocycles. The van der Waals surface area contributed by atoms with E-state index in [2.05, 4.69) is 15.0 Å². The van der Waals surface area contributed by atoms with Crippen molar-refractivity contribution in [3.05, 3.63) is 63.5 Å². The van der Waals surface area contributed by atoms with Crippen molar-refractivity contribution < 1.29 is 8.78 Å². The minimum Gasteiger partial charge on any atom is -0.319 e. The Labute approximate surface area is 171 Å². The number of fused-ring (bicyclic) bond motifs is 2. The Morgan fingerprint density at radius 3 is 2.67 bits per heavy atom. The number of hydrogen-bond donors (Lipinski definition) is 1. The van der Waals surface area contributed by atoms with E-state index >= 15 is 0 Å². The highest BCUT2D eigenvalue weighted by Crippen LogP contribution is 2.35. The van der Waals surface area contributed by atoms with E-state index in [0.29, 0.717) is 46.7 Å². The number of nitrogens with zero attached hydrogens (tertiary/aromatic N) is 4. The molecule has 1 saturated carbocycles. The number of hydrogen-bond acceptors (Lipinski definition) is 4. The van der Waals surface area contributed by atoms with Crippen molar-refractivity contribution in [1.29, 1.82) is 0 Å². The molecule has 0 saturated heterocycles. The van der Waals surface area contributed by atoms with Crippen molar-refractivity contribution in [1.82, 2.24) is 24.5 Å². The van der Waals surface area contributed by atoms with Crippen molar-refractivity contribution in [3.8, 4) is 0 Å². The van der Waals surface area contributed by atoms with Gasteiger partial charge in [0, 0.05) is 29.3 Å². The fraction of sp³-hybridized carbons (Fsp3) is 0.364. The molecular formula is C22H21F2N5O.